The van der Waals surface area contributed by atoms with Crippen molar-refractivity contribution in [1.82, 2.24) is 0 Å². The molecule has 1 N–H and O–H groups in total. The monoisotopic (exact) mass is 462 g/mol. The molecule has 1 aliphatic carbocycles. The van der Waals surface area contributed by atoms with Gasteiger partial charge in [0.15, 0.2) is 0 Å². The number of fused-ring (bicyclic) bond motifs is 4. The first kappa shape index (κ1) is 17.5. The van der Waals surface area contributed by atoms with Gasteiger partial charge in [0.05, 0.1) is 5.02 Å². The van der Waals surface area contributed by atoms with Crippen LogP contribution in [0, 0.1) is 3.57 Å². The van der Waals surface area contributed by atoms with Crippen molar-refractivity contribution in [2.45, 2.75) is 5.51 Å². The smallest absolute Gasteiger partial charge is 0.279 e. The van der Waals surface area contributed by atoms with Crippen molar-refractivity contribution < 1.29 is 26.1 Å². The van der Waals surface area contributed by atoms with Crippen molar-refractivity contribution in [3.8, 4) is 22.3 Å². The Labute approximate surface area is 143 Å². The average Bonchev–Trinajstić information content (AvgIpc) is 2.37. The zero-order valence-corrected chi connectivity index (χ0v) is 14.3. The summed E-state index contributed by atoms with van der Waals surface area (Å²) in [6.45, 7) is 0. The molecule has 0 bridgehead atoms. The number of benzene rings is 2. The summed E-state index contributed by atoms with van der Waals surface area (Å²) < 4.78 is 58.7. The van der Waals surface area contributed by atoms with Crippen molar-refractivity contribution in [2.24, 2.45) is 0 Å². The van der Waals surface area contributed by atoms with Crippen molar-refractivity contribution in [2.75, 3.05) is 0 Å². The van der Waals surface area contributed by atoms with Crippen LogP contribution in [0.15, 0.2) is 36.4 Å². The molecule has 0 aromatic heterocycles. The lowest BCUT2D eigenvalue weighted by Crippen LogP contribution is -2.21. The highest BCUT2D eigenvalue weighted by Gasteiger charge is 2.44. The summed E-state index contributed by atoms with van der Waals surface area (Å²) >= 11 is 8.39. The maximum Gasteiger partial charge on any atom is 0.522 e. The lowest BCUT2D eigenvalue weighted by molar-refractivity contribution is -0.0510. The fourth-order valence-electron chi connectivity index (χ4n) is 1.91. The number of alkyl halides is 3. The van der Waals surface area contributed by atoms with Crippen LogP contribution in [-0.4, -0.2) is 18.5 Å². The van der Waals surface area contributed by atoms with E-state index in [1.165, 1.54) is 25.8 Å². The minimum absolute atomic E-state index is 0.846. The third kappa shape index (κ3) is 3.24. The summed E-state index contributed by atoms with van der Waals surface area (Å²) in [4.78, 5) is 0. The molecule has 118 valence electrons. The minimum atomic E-state index is -5.84. The Balaban J connectivity index is 0.000000192. The highest BCUT2D eigenvalue weighted by molar-refractivity contribution is 14.1. The van der Waals surface area contributed by atoms with Crippen LogP contribution in [0.4, 0.5) is 13.2 Å². The van der Waals surface area contributed by atoms with Crippen LogP contribution in [0.25, 0.3) is 22.3 Å². The Morgan fingerprint density at radius 3 is 2.00 bits per heavy atom. The van der Waals surface area contributed by atoms with E-state index in [9.17, 15) is 13.2 Å². The summed E-state index contributed by atoms with van der Waals surface area (Å²) in [5.74, 6) is 0. The molecule has 0 amide bonds. The Hall–Kier alpha value is -0.840. The van der Waals surface area contributed by atoms with Gasteiger partial charge in [0.2, 0.25) is 0 Å². The van der Waals surface area contributed by atoms with Crippen molar-refractivity contribution in [1.29, 1.82) is 0 Å². The van der Waals surface area contributed by atoms with Crippen molar-refractivity contribution in [3.05, 3.63) is 45.0 Å². The van der Waals surface area contributed by atoms with Gasteiger partial charge in [-0.3, -0.25) is 4.55 Å². The van der Waals surface area contributed by atoms with Gasteiger partial charge in [-0.15, -0.1) is 0 Å². The number of hydrogen-bond acceptors (Lipinski definition) is 2. The first-order chi connectivity index (χ1) is 10.0. The third-order valence-electron chi connectivity index (χ3n) is 2.87. The molecule has 3 nitrogen and oxygen atoms in total. The van der Waals surface area contributed by atoms with Crippen LogP contribution in [0.2, 0.25) is 5.02 Å². The van der Waals surface area contributed by atoms with Gasteiger partial charge in [0.1, 0.15) is 0 Å². The molecule has 0 aliphatic heterocycles. The lowest BCUT2D eigenvalue weighted by atomic mass is 9.81. The molecule has 2 aromatic rings. The highest BCUT2D eigenvalue weighted by Crippen LogP contribution is 2.50. The fourth-order valence-corrected chi connectivity index (χ4v) is 2.83. The zero-order chi connectivity index (χ0) is 16.7. The maximum atomic E-state index is 10.7. The van der Waals surface area contributed by atoms with Gasteiger partial charge in [0, 0.05) is 9.13 Å². The van der Waals surface area contributed by atoms with Gasteiger partial charge in [-0.2, -0.15) is 21.6 Å². The number of hydrogen-bond donors (Lipinski definition) is 1. The van der Waals surface area contributed by atoms with Gasteiger partial charge >= 0.3 is 15.6 Å². The zero-order valence-electron chi connectivity index (χ0n) is 10.5. The average molecular weight is 463 g/mol. The fraction of sp³-hybridized carbons (Fsp3) is 0.0769. The second-order valence-electron chi connectivity index (χ2n) is 4.25. The lowest BCUT2D eigenvalue weighted by Gasteiger charge is -2.25. The molecule has 0 fully saturated rings. The van der Waals surface area contributed by atoms with E-state index in [2.05, 4.69) is 52.9 Å². The van der Waals surface area contributed by atoms with Crippen LogP contribution >= 0.6 is 34.2 Å². The largest absolute Gasteiger partial charge is 0.522 e. The van der Waals surface area contributed by atoms with E-state index in [-0.39, 0.29) is 0 Å². The van der Waals surface area contributed by atoms with E-state index in [0.29, 0.717) is 0 Å². The summed E-state index contributed by atoms with van der Waals surface area (Å²) in [5, 5.41) is 0.846. The molecule has 0 radical (unpaired) electrons. The van der Waals surface area contributed by atoms with E-state index in [1.54, 1.807) is 0 Å². The highest BCUT2D eigenvalue weighted by atomic mass is 127. The summed E-state index contributed by atoms with van der Waals surface area (Å²) in [6, 6.07) is 12.5. The molecule has 3 rings (SSSR count). The second-order valence-corrected chi connectivity index (χ2v) is 7.15. The third-order valence-corrected chi connectivity index (χ3v) is 5.21. The normalized spacial score (nSPS) is 12.5. The molecule has 0 saturated heterocycles. The van der Waals surface area contributed by atoms with Gasteiger partial charge < -0.3 is 0 Å². The Kier molecular flexibility index (Phi) is 4.77. The standard InChI is InChI=1S/C12H6ClI.CHF3O3S/c13-10-6-5-9-7-3-1-2-4-8(7)11(9)12(10)14;2-1(3,4)8(5,6)7/h1-6H;(H,5,6,7). The first-order valence-corrected chi connectivity index (χ1v) is 8.55. The Bertz CT molecular complexity index is 835. The quantitative estimate of drug-likeness (QED) is 0.291. The SMILES string of the molecule is Clc1ccc2c(c1I)-c1ccccc1-2.O=S(=O)(O)C(F)(F)F. The molecule has 0 atom stereocenters. The minimum Gasteiger partial charge on any atom is -0.279 e. The maximum absolute atomic E-state index is 10.7. The summed E-state index contributed by atoms with van der Waals surface area (Å²) in [5.41, 5.74) is -0.220. The van der Waals surface area contributed by atoms with Crippen LogP contribution in [0.1, 0.15) is 0 Å². The number of halogens is 5. The molecule has 9 heteroatoms. The van der Waals surface area contributed by atoms with E-state index in [0.717, 1.165) is 5.02 Å². The molecule has 0 heterocycles. The van der Waals surface area contributed by atoms with Gasteiger partial charge in [-0.1, -0.05) is 41.9 Å². The van der Waals surface area contributed by atoms with Crippen LogP contribution in [0.5, 0.6) is 0 Å². The molecule has 2 aromatic carbocycles. The molecular weight excluding hydrogens is 456 g/mol. The number of rotatable bonds is 0. The second kappa shape index (κ2) is 5.99. The Morgan fingerprint density at radius 1 is 1.00 bits per heavy atom. The topological polar surface area (TPSA) is 54.4 Å². The summed E-state index contributed by atoms with van der Waals surface area (Å²) in [7, 11) is -5.84. The predicted octanol–water partition coefficient (Wildman–Crippen LogP) is 4.99. The Morgan fingerprint density at radius 2 is 1.50 bits per heavy atom. The summed E-state index contributed by atoms with van der Waals surface area (Å²) in [6.07, 6.45) is 0. The van der Waals surface area contributed by atoms with E-state index >= 15 is 0 Å². The van der Waals surface area contributed by atoms with Gasteiger partial charge in [-0.25, -0.2) is 0 Å². The van der Waals surface area contributed by atoms with Crippen molar-refractivity contribution in [3.63, 3.8) is 0 Å². The van der Waals surface area contributed by atoms with Gasteiger partial charge in [0.25, 0.3) is 0 Å². The van der Waals surface area contributed by atoms with E-state index < -0.39 is 15.6 Å². The van der Waals surface area contributed by atoms with Crippen molar-refractivity contribution >= 4 is 44.3 Å². The molecule has 22 heavy (non-hydrogen) atoms. The predicted molar refractivity (Wildman–Crippen MR) is 86.2 cm³/mol. The van der Waals surface area contributed by atoms with Crippen LogP contribution < -0.4 is 0 Å². The molecule has 0 unspecified atom stereocenters. The van der Waals surface area contributed by atoms with Crippen LogP contribution in [0.3, 0.4) is 0 Å². The molecule has 0 saturated carbocycles. The van der Waals surface area contributed by atoms with E-state index in [1.807, 2.05) is 6.07 Å². The van der Waals surface area contributed by atoms with E-state index in [4.69, 9.17) is 24.6 Å². The van der Waals surface area contributed by atoms with Gasteiger partial charge in [-0.05, 0) is 45.3 Å². The van der Waals surface area contributed by atoms with Crippen LogP contribution in [-0.2, 0) is 10.1 Å². The first-order valence-electron chi connectivity index (χ1n) is 5.65. The molecule has 0 spiro atoms. The molecular formula is C13H7ClF3IO3S. The molecule has 1 aliphatic rings.